The smallest absolute Gasteiger partial charge is 0.266 e. The lowest BCUT2D eigenvalue weighted by molar-refractivity contribution is -0.119. The third-order valence-corrected chi connectivity index (χ3v) is 3.19. The van der Waals surface area contributed by atoms with Crippen LogP contribution in [0, 0.1) is 5.92 Å². The lowest BCUT2D eigenvalue weighted by atomic mass is 9.92. The van der Waals surface area contributed by atoms with Crippen molar-refractivity contribution in [1.29, 1.82) is 0 Å². The van der Waals surface area contributed by atoms with Crippen molar-refractivity contribution in [2.45, 2.75) is 39.5 Å². The molecule has 5 nitrogen and oxygen atoms in total. The quantitative estimate of drug-likeness (QED) is 0.801. The largest absolute Gasteiger partial charge is 0.338 e. The molecule has 0 saturated carbocycles. The molecule has 0 amide bonds. The number of hydrogen-bond acceptors (Lipinski definition) is 5. The van der Waals surface area contributed by atoms with Crippen LogP contribution in [0.15, 0.2) is 4.52 Å². The Kier molecular flexibility index (Phi) is 3.45. The van der Waals surface area contributed by atoms with Crippen LogP contribution < -0.4 is 4.90 Å². The topological polar surface area (TPSA) is 59.2 Å². The molecule has 0 N–H and O–H groups in total. The molecule has 1 fully saturated rings. The highest BCUT2D eigenvalue weighted by atomic mass is 16.5. The zero-order valence-corrected chi connectivity index (χ0v) is 10.6. The minimum atomic E-state index is -0.279. The fourth-order valence-electron chi connectivity index (χ4n) is 2.33. The highest BCUT2D eigenvalue weighted by molar-refractivity contribution is 5.82. The summed E-state index contributed by atoms with van der Waals surface area (Å²) in [6.07, 6.45) is 2.34. The van der Waals surface area contributed by atoms with Crippen LogP contribution in [0.5, 0.6) is 0 Å². The number of Topliss-reactive ketones (excluding diaryl/α,β-unsaturated/α-hetero) is 1. The Morgan fingerprint density at radius 3 is 2.53 bits per heavy atom. The molecule has 0 spiro atoms. The number of rotatable bonds is 4. The van der Waals surface area contributed by atoms with Crippen LogP contribution in [0.25, 0.3) is 0 Å². The van der Waals surface area contributed by atoms with Gasteiger partial charge in [0, 0.05) is 13.1 Å². The number of anilines is 1. The molecule has 1 aliphatic rings. The van der Waals surface area contributed by atoms with Gasteiger partial charge in [0.15, 0.2) is 0 Å². The summed E-state index contributed by atoms with van der Waals surface area (Å²) in [6.45, 7) is 7.51. The average Bonchev–Trinajstić information content (AvgIpc) is 2.83. The molecule has 2 rings (SSSR count). The van der Waals surface area contributed by atoms with Crippen molar-refractivity contribution in [2.75, 3.05) is 18.0 Å². The molecule has 1 aromatic heterocycles. The monoisotopic (exact) mass is 237 g/mol. The van der Waals surface area contributed by atoms with E-state index in [-0.39, 0.29) is 17.6 Å². The molecule has 1 aromatic rings. The van der Waals surface area contributed by atoms with Crippen LogP contribution in [-0.4, -0.2) is 29.0 Å². The zero-order chi connectivity index (χ0) is 12.4. The van der Waals surface area contributed by atoms with E-state index in [2.05, 4.69) is 15.0 Å². The zero-order valence-electron chi connectivity index (χ0n) is 10.6. The Hall–Kier alpha value is -1.39. The molecule has 0 bridgehead atoms. The first-order chi connectivity index (χ1) is 8.09. The second-order valence-corrected chi connectivity index (χ2v) is 4.96. The maximum atomic E-state index is 11.6. The summed E-state index contributed by atoms with van der Waals surface area (Å²) in [4.78, 5) is 18.0. The van der Waals surface area contributed by atoms with E-state index in [0.29, 0.717) is 11.8 Å². The number of ketones is 1. The SMILES string of the molecule is CC(=O)C(c1nc(N2CCCC2)no1)C(C)C. The van der Waals surface area contributed by atoms with Crippen molar-refractivity contribution < 1.29 is 9.32 Å². The van der Waals surface area contributed by atoms with Crippen molar-refractivity contribution >= 4 is 11.7 Å². The maximum Gasteiger partial charge on any atom is 0.266 e. The first-order valence-corrected chi connectivity index (χ1v) is 6.18. The first kappa shape index (κ1) is 12.1. The van der Waals surface area contributed by atoms with Crippen LogP contribution in [-0.2, 0) is 4.79 Å². The van der Waals surface area contributed by atoms with Crippen molar-refractivity contribution in [3.63, 3.8) is 0 Å². The van der Waals surface area contributed by atoms with Crippen LogP contribution in [0.2, 0.25) is 0 Å². The fourth-order valence-corrected chi connectivity index (χ4v) is 2.33. The normalized spacial score (nSPS) is 17.8. The van der Waals surface area contributed by atoms with Crippen molar-refractivity contribution in [3.05, 3.63) is 5.89 Å². The molecule has 94 valence electrons. The predicted octanol–water partition coefficient (Wildman–Crippen LogP) is 2.00. The third kappa shape index (κ3) is 2.48. The number of nitrogens with zero attached hydrogens (tertiary/aromatic N) is 3. The molecule has 5 heteroatoms. The highest BCUT2D eigenvalue weighted by Crippen LogP contribution is 2.26. The molecule has 0 aromatic carbocycles. The van der Waals surface area contributed by atoms with Gasteiger partial charge in [0.25, 0.3) is 5.95 Å². The summed E-state index contributed by atoms with van der Waals surface area (Å²) in [7, 11) is 0. The molecule has 2 heterocycles. The van der Waals surface area contributed by atoms with E-state index < -0.39 is 0 Å². The van der Waals surface area contributed by atoms with Gasteiger partial charge >= 0.3 is 0 Å². The van der Waals surface area contributed by atoms with Gasteiger partial charge in [0.05, 0.1) is 5.92 Å². The molecule has 0 radical (unpaired) electrons. The van der Waals surface area contributed by atoms with Gasteiger partial charge in [0.1, 0.15) is 5.78 Å². The molecule has 1 atom stereocenters. The highest BCUT2D eigenvalue weighted by Gasteiger charge is 2.28. The van der Waals surface area contributed by atoms with E-state index in [0.717, 1.165) is 13.1 Å². The van der Waals surface area contributed by atoms with Gasteiger partial charge in [-0.25, -0.2) is 0 Å². The predicted molar refractivity (Wildman–Crippen MR) is 64.0 cm³/mol. The standard InChI is InChI=1S/C12H19N3O2/c1-8(2)10(9(3)16)11-13-12(14-17-11)15-6-4-5-7-15/h8,10H,4-7H2,1-3H3. The van der Waals surface area contributed by atoms with Gasteiger partial charge in [-0.05, 0) is 30.8 Å². The minimum absolute atomic E-state index is 0.0802. The first-order valence-electron chi connectivity index (χ1n) is 6.18. The van der Waals surface area contributed by atoms with E-state index in [4.69, 9.17) is 4.52 Å². The van der Waals surface area contributed by atoms with Crippen molar-refractivity contribution in [2.24, 2.45) is 5.92 Å². The average molecular weight is 237 g/mol. The molecule has 1 aliphatic heterocycles. The Morgan fingerprint density at radius 1 is 1.35 bits per heavy atom. The lowest BCUT2D eigenvalue weighted by Gasteiger charge is -2.13. The van der Waals surface area contributed by atoms with Gasteiger partial charge in [-0.1, -0.05) is 13.8 Å². The van der Waals surface area contributed by atoms with E-state index in [1.807, 2.05) is 13.8 Å². The Bertz CT molecular complexity index is 394. The van der Waals surface area contributed by atoms with E-state index >= 15 is 0 Å². The fraction of sp³-hybridized carbons (Fsp3) is 0.750. The maximum absolute atomic E-state index is 11.6. The minimum Gasteiger partial charge on any atom is -0.338 e. The van der Waals surface area contributed by atoms with Crippen LogP contribution in [0.1, 0.15) is 45.4 Å². The number of hydrogen-bond donors (Lipinski definition) is 0. The van der Waals surface area contributed by atoms with E-state index in [1.165, 1.54) is 12.8 Å². The van der Waals surface area contributed by atoms with Crippen LogP contribution >= 0.6 is 0 Å². The third-order valence-electron chi connectivity index (χ3n) is 3.19. The Balaban J connectivity index is 2.18. The van der Waals surface area contributed by atoms with Crippen molar-refractivity contribution in [1.82, 2.24) is 10.1 Å². The summed E-state index contributed by atoms with van der Waals surface area (Å²) < 4.78 is 5.24. The molecule has 17 heavy (non-hydrogen) atoms. The molecule has 1 unspecified atom stereocenters. The molecule has 1 saturated heterocycles. The van der Waals surface area contributed by atoms with Gasteiger partial charge in [0.2, 0.25) is 5.89 Å². The second-order valence-electron chi connectivity index (χ2n) is 4.96. The summed E-state index contributed by atoms with van der Waals surface area (Å²) >= 11 is 0. The summed E-state index contributed by atoms with van der Waals surface area (Å²) in [5, 5.41) is 3.97. The molecular formula is C12H19N3O2. The summed E-state index contributed by atoms with van der Waals surface area (Å²) in [6, 6.07) is 0. The number of carbonyl (C=O) groups excluding carboxylic acids is 1. The number of carbonyl (C=O) groups is 1. The Labute approximate surface area is 101 Å². The van der Waals surface area contributed by atoms with Gasteiger partial charge in [-0.2, -0.15) is 4.98 Å². The summed E-state index contributed by atoms with van der Waals surface area (Å²) in [5.41, 5.74) is 0. The van der Waals surface area contributed by atoms with Gasteiger partial charge in [-0.15, -0.1) is 0 Å². The van der Waals surface area contributed by atoms with Crippen LogP contribution in [0.4, 0.5) is 5.95 Å². The molecular weight excluding hydrogens is 218 g/mol. The number of aromatic nitrogens is 2. The van der Waals surface area contributed by atoms with Gasteiger partial charge in [-0.3, -0.25) is 4.79 Å². The molecule has 0 aliphatic carbocycles. The van der Waals surface area contributed by atoms with Crippen LogP contribution in [0.3, 0.4) is 0 Å². The summed E-state index contributed by atoms with van der Waals surface area (Å²) in [5.74, 6) is 1.06. The van der Waals surface area contributed by atoms with E-state index in [1.54, 1.807) is 6.92 Å². The lowest BCUT2D eigenvalue weighted by Crippen LogP contribution is -2.20. The van der Waals surface area contributed by atoms with Gasteiger partial charge < -0.3 is 9.42 Å². The second kappa shape index (κ2) is 4.85. The van der Waals surface area contributed by atoms with Crippen molar-refractivity contribution in [3.8, 4) is 0 Å². The van der Waals surface area contributed by atoms with E-state index in [9.17, 15) is 4.79 Å². The Morgan fingerprint density at radius 2 is 2.00 bits per heavy atom.